The zero-order chi connectivity index (χ0) is 22.0. The van der Waals surface area contributed by atoms with E-state index in [9.17, 15) is 13.2 Å². The first kappa shape index (κ1) is 21.1. The maximum absolute atomic E-state index is 12.9. The van der Waals surface area contributed by atoms with Crippen molar-refractivity contribution in [3.05, 3.63) is 65.9 Å². The van der Waals surface area contributed by atoms with Gasteiger partial charge < -0.3 is 9.64 Å². The van der Waals surface area contributed by atoms with E-state index in [2.05, 4.69) is 10.2 Å². The van der Waals surface area contributed by atoms with Crippen molar-refractivity contribution in [2.24, 2.45) is 0 Å². The minimum atomic E-state index is -3.57. The predicted molar refractivity (Wildman–Crippen MR) is 116 cm³/mol. The number of methoxy groups -OCH3 is 1. The lowest BCUT2D eigenvalue weighted by atomic mass is 10.1. The lowest BCUT2D eigenvalue weighted by molar-refractivity contribution is 0.0692. The molecule has 2 aromatic carbocycles. The van der Waals surface area contributed by atoms with Crippen LogP contribution >= 0.6 is 0 Å². The summed E-state index contributed by atoms with van der Waals surface area (Å²) in [6.45, 7) is 3.03. The molecule has 1 aliphatic heterocycles. The number of benzene rings is 2. The van der Waals surface area contributed by atoms with Crippen LogP contribution in [0, 0.1) is 6.92 Å². The second-order valence-electron chi connectivity index (χ2n) is 7.38. The Hall–Kier alpha value is -3.17. The number of carbonyl (C=O) groups excluding carboxylic acids is 1. The molecule has 0 aliphatic carbocycles. The number of aryl methyl sites for hydroxylation is 1. The standard InChI is InChI=1S/C22H24N4O4S/c1-16-7-9-17(10-8-16)31(28,29)26-13-11-25(12-14-26)22(27)20-15-19(23-24-20)18-5-3-4-6-21(18)30-2/h3-10,15H,11-14H2,1-2H3,(H,23,24). The molecule has 4 rings (SSSR count). The molecule has 1 N–H and O–H groups in total. The van der Waals surface area contributed by atoms with Crippen LogP contribution in [0.25, 0.3) is 11.3 Å². The van der Waals surface area contributed by atoms with E-state index in [-0.39, 0.29) is 23.9 Å². The maximum atomic E-state index is 12.9. The normalized spacial score (nSPS) is 15.1. The molecule has 3 aromatic rings. The van der Waals surface area contributed by atoms with Crippen molar-refractivity contribution in [3.8, 4) is 17.0 Å². The number of hydrogen-bond donors (Lipinski definition) is 1. The van der Waals surface area contributed by atoms with Gasteiger partial charge in [-0.05, 0) is 37.3 Å². The summed E-state index contributed by atoms with van der Waals surface area (Å²) in [6.07, 6.45) is 0. The van der Waals surface area contributed by atoms with Crippen LogP contribution in [0.5, 0.6) is 5.75 Å². The summed E-state index contributed by atoms with van der Waals surface area (Å²) in [4.78, 5) is 14.8. The Morgan fingerprint density at radius 3 is 2.39 bits per heavy atom. The average molecular weight is 441 g/mol. The lowest BCUT2D eigenvalue weighted by Gasteiger charge is -2.33. The average Bonchev–Trinajstić information content (AvgIpc) is 3.29. The monoisotopic (exact) mass is 440 g/mol. The number of nitrogens with one attached hydrogen (secondary N) is 1. The Balaban J connectivity index is 1.44. The van der Waals surface area contributed by atoms with Gasteiger partial charge in [0.1, 0.15) is 11.4 Å². The summed E-state index contributed by atoms with van der Waals surface area (Å²) in [7, 11) is -1.99. The fraction of sp³-hybridized carbons (Fsp3) is 0.273. The van der Waals surface area contributed by atoms with Crippen molar-refractivity contribution in [3.63, 3.8) is 0 Å². The van der Waals surface area contributed by atoms with Crippen molar-refractivity contribution >= 4 is 15.9 Å². The molecule has 2 heterocycles. The Morgan fingerprint density at radius 2 is 1.71 bits per heavy atom. The molecule has 162 valence electrons. The Bertz CT molecular complexity index is 1180. The molecule has 1 aromatic heterocycles. The van der Waals surface area contributed by atoms with Gasteiger partial charge in [0.25, 0.3) is 5.91 Å². The van der Waals surface area contributed by atoms with Crippen LogP contribution in [-0.4, -0.2) is 67.0 Å². The van der Waals surface area contributed by atoms with Gasteiger partial charge in [0, 0.05) is 31.7 Å². The summed E-state index contributed by atoms with van der Waals surface area (Å²) in [5.41, 5.74) is 2.76. The molecule has 1 aliphatic rings. The number of amides is 1. The number of aromatic amines is 1. The number of hydrogen-bond acceptors (Lipinski definition) is 5. The van der Waals surface area contributed by atoms with Crippen molar-refractivity contribution < 1.29 is 17.9 Å². The van der Waals surface area contributed by atoms with E-state index < -0.39 is 10.0 Å². The van der Waals surface area contributed by atoms with Gasteiger partial charge in [0.05, 0.1) is 17.7 Å². The molecular formula is C22H24N4O4S. The van der Waals surface area contributed by atoms with Crippen LogP contribution in [0.2, 0.25) is 0 Å². The molecule has 0 unspecified atom stereocenters. The van der Waals surface area contributed by atoms with Crippen molar-refractivity contribution in [2.75, 3.05) is 33.3 Å². The maximum Gasteiger partial charge on any atom is 0.271 e. The Labute approximate surface area is 181 Å². The Morgan fingerprint density at radius 1 is 1.03 bits per heavy atom. The van der Waals surface area contributed by atoms with Crippen molar-refractivity contribution in [1.82, 2.24) is 19.4 Å². The number of sulfonamides is 1. The van der Waals surface area contributed by atoms with E-state index in [0.29, 0.717) is 30.2 Å². The van der Waals surface area contributed by atoms with Crippen molar-refractivity contribution in [1.29, 1.82) is 0 Å². The zero-order valence-corrected chi connectivity index (χ0v) is 18.2. The minimum Gasteiger partial charge on any atom is -0.496 e. The van der Waals surface area contributed by atoms with E-state index in [1.54, 1.807) is 42.3 Å². The molecule has 0 bridgehead atoms. The summed E-state index contributed by atoms with van der Waals surface area (Å²) in [5.74, 6) is 0.462. The molecule has 1 amide bonds. The van der Waals surface area contributed by atoms with E-state index in [1.165, 1.54) is 4.31 Å². The first-order chi connectivity index (χ1) is 14.9. The van der Waals surface area contributed by atoms with Crippen LogP contribution in [0.1, 0.15) is 16.1 Å². The van der Waals surface area contributed by atoms with Gasteiger partial charge in [-0.3, -0.25) is 9.89 Å². The van der Waals surface area contributed by atoms with Crippen LogP contribution in [-0.2, 0) is 10.0 Å². The number of nitrogens with zero attached hydrogens (tertiary/aromatic N) is 3. The van der Waals surface area contributed by atoms with Crippen LogP contribution in [0.15, 0.2) is 59.5 Å². The molecular weight excluding hydrogens is 416 g/mol. The highest BCUT2D eigenvalue weighted by Gasteiger charge is 2.31. The summed E-state index contributed by atoms with van der Waals surface area (Å²) in [5, 5.41) is 7.05. The first-order valence-corrected chi connectivity index (χ1v) is 11.4. The number of rotatable bonds is 5. The quantitative estimate of drug-likeness (QED) is 0.658. The molecule has 0 radical (unpaired) electrons. The van der Waals surface area contributed by atoms with Gasteiger partial charge in [-0.25, -0.2) is 8.42 Å². The third-order valence-electron chi connectivity index (χ3n) is 5.38. The highest BCUT2D eigenvalue weighted by molar-refractivity contribution is 7.89. The summed E-state index contributed by atoms with van der Waals surface area (Å²) < 4.78 is 32.5. The van der Waals surface area contributed by atoms with Gasteiger partial charge in [-0.1, -0.05) is 29.8 Å². The molecule has 1 fully saturated rings. The molecule has 8 nitrogen and oxygen atoms in total. The second kappa shape index (κ2) is 8.52. The van der Waals surface area contributed by atoms with Crippen LogP contribution in [0.4, 0.5) is 0 Å². The van der Waals surface area contributed by atoms with Crippen LogP contribution in [0.3, 0.4) is 0 Å². The second-order valence-corrected chi connectivity index (χ2v) is 9.31. The number of carbonyl (C=O) groups is 1. The van der Waals surface area contributed by atoms with Gasteiger partial charge in [0.2, 0.25) is 10.0 Å². The smallest absolute Gasteiger partial charge is 0.271 e. The third-order valence-corrected chi connectivity index (χ3v) is 7.29. The van der Waals surface area contributed by atoms with E-state index in [4.69, 9.17) is 4.74 Å². The summed E-state index contributed by atoms with van der Waals surface area (Å²) in [6, 6.07) is 15.9. The van der Waals surface area contributed by atoms with Crippen LogP contribution < -0.4 is 4.74 Å². The highest BCUT2D eigenvalue weighted by Crippen LogP contribution is 2.28. The van der Waals surface area contributed by atoms with Gasteiger partial charge in [-0.2, -0.15) is 9.40 Å². The SMILES string of the molecule is COc1ccccc1-c1cc(C(=O)N2CCN(S(=O)(=O)c3ccc(C)cc3)CC2)[nH]n1. The zero-order valence-electron chi connectivity index (χ0n) is 17.4. The molecule has 0 saturated carbocycles. The molecule has 0 atom stereocenters. The molecule has 0 spiro atoms. The Kier molecular flexibility index (Phi) is 5.79. The van der Waals surface area contributed by atoms with Crippen molar-refractivity contribution in [2.45, 2.75) is 11.8 Å². The number of para-hydroxylation sites is 1. The lowest BCUT2D eigenvalue weighted by Crippen LogP contribution is -2.50. The number of H-pyrrole nitrogens is 1. The largest absolute Gasteiger partial charge is 0.496 e. The first-order valence-electron chi connectivity index (χ1n) is 9.95. The number of aromatic nitrogens is 2. The number of ether oxygens (including phenoxy) is 1. The molecule has 9 heteroatoms. The van der Waals surface area contributed by atoms with E-state index >= 15 is 0 Å². The van der Waals surface area contributed by atoms with Gasteiger partial charge in [0.15, 0.2) is 0 Å². The van der Waals surface area contributed by atoms with Gasteiger partial charge in [-0.15, -0.1) is 0 Å². The van der Waals surface area contributed by atoms with E-state index in [1.807, 2.05) is 31.2 Å². The highest BCUT2D eigenvalue weighted by atomic mass is 32.2. The molecule has 31 heavy (non-hydrogen) atoms. The number of piperazine rings is 1. The minimum absolute atomic E-state index is 0.207. The fourth-order valence-electron chi connectivity index (χ4n) is 3.59. The van der Waals surface area contributed by atoms with E-state index in [0.717, 1.165) is 11.1 Å². The molecule has 1 saturated heterocycles. The van der Waals surface area contributed by atoms with Gasteiger partial charge >= 0.3 is 0 Å². The predicted octanol–water partition coefficient (Wildman–Crippen LogP) is 2.54. The summed E-state index contributed by atoms with van der Waals surface area (Å²) >= 11 is 0. The fourth-order valence-corrected chi connectivity index (χ4v) is 5.01. The topological polar surface area (TPSA) is 95.6 Å². The third kappa shape index (κ3) is 4.19.